The van der Waals surface area contributed by atoms with Gasteiger partial charge in [-0.1, -0.05) is 67.1 Å². The van der Waals surface area contributed by atoms with Crippen LogP contribution in [0.2, 0.25) is 0 Å². The summed E-state index contributed by atoms with van der Waals surface area (Å²) in [5, 5.41) is 0. The fraction of sp³-hybridized carbons (Fsp3) is 0.231. The molecule has 3 aromatic rings. The van der Waals surface area contributed by atoms with Gasteiger partial charge in [0, 0.05) is 30.1 Å². The minimum atomic E-state index is -0.256. The van der Waals surface area contributed by atoms with E-state index in [4.69, 9.17) is 0 Å². The van der Waals surface area contributed by atoms with Gasteiger partial charge in [0.15, 0.2) is 5.78 Å². The summed E-state index contributed by atoms with van der Waals surface area (Å²) in [5.41, 5.74) is 2.48. The predicted molar refractivity (Wildman–Crippen MR) is 115 cm³/mol. The van der Waals surface area contributed by atoms with Gasteiger partial charge >= 0.3 is 0 Å². The van der Waals surface area contributed by atoms with Gasteiger partial charge in [0.05, 0.1) is 5.56 Å². The number of carbonyl (C=O) groups is 2. The Morgan fingerprint density at radius 2 is 1.47 bits per heavy atom. The summed E-state index contributed by atoms with van der Waals surface area (Å²) in [5.74, 6) is -0.365. The largest absolute Gasteiger partial charge is 0.338 e. The van der Waals surface area contributed by atoms with Crippen molar-refractivity contribution in [2.75, 3.05) is 13.1 Å². The van der Waals surface area contributed by atoms with Crippen molar-refractivity contribution in [3.8, 4) is 0 Å². The molecule has 0 spiro atoms. The molecular formula is C26H24FNO2. The van der Waals surface area contributed by atoms with Gasteiger partial charge in [0.2, 0.25) is 0 Å². The van der Waals surface area contributed by atoms with Gasteiger partial charge in [-0.3, -0.25) is 9.59 Å². The molecule has 0 radical (unpaired) electrons. The first-order valence-corrected chi connectivity index (χ1v) is 10.4. The van der Waals surface area contributed by atoms with E-state index >= 15 is 0 Å². The number of nitrogens with zero attached hydrogens (tertiary/aromatic N) is 1. The van der Waals surface area contributed by atoms with Crippen molar-refractivity contribution in [1.29, 1.82) is 0 Å². The molecule has 3 aromatic carbocycles. The van der Waals surface area contributed by atoms with Gasteiger partial charge < -0.3 is 4.90 Å². The highest BCUT2D eigenvalue weighted by molar-refractivity contribution is 6.15. The molecule has 0 bridgehead atoms. The molecule has 1 aliphatic rings. The Hall–Kier alpha value is -3.27. The topological polar surface area (TPSA) is 37.4 Å². The van der Waals surface area contributed by atoms with Crippen LogP contribution in [0.15, 0.2) is 78.9 Å². The van der Waals surface area contributed by atoms with Crippen LogP contribution in [-0.4, -0.2) is 29.7 Å². The highest BCUT2D eigenvalue weighted by Crippen LogP contribution is 2.28. The van der Waals surface area contributed by atoms with E-state index in [1.807, 2.05) is 23.1 Å². The van der Waals surface area contributed by atoms with Crippen LogP contribution in [0.4, 0.5) is 4.39 Å². The van der Waals surface area contributed by atoms with E-state index in [0.29, 0.717) is 29.8 Å². The van der Waals surface area contributed by atoms with E-state index in [9.17, 15) is 14.0 Å². The van der Waals surface area contributed by atoms with Crippen molar-refractivity contribution in [2.24, 2.45) is 0 Å². The monoisotopic (exact) mass is 401 g/mol. The lowest BCUT2D eigenvalue weighted by Gasteiger charge is -2.25. The zero-order valence-electron chi connectivity index (χ0n) is 16.8. The minimum Gasteiger partial charge on any atom is -0.338 e. The van der Waals surface area contributed by atoms with Gasteiger partial charge in [0.25, 0.3) is 5.91 Å². The zero-order valence-corrected chi connectivity index (χ0v) is 16.8. The Bertz CT molecular complexity index is 1030. The smallest absolute Gasteiger partial charge is 0.254 e. The van der Waals surface area contributed by atoms with Crippen LogP contribution in [0.1, 0.15) is 57.0 Å². The lowest BCUT2D eigenvalue weighted by Crippen LogP contribution is -2.35. The van der Waals surface area contributed by atoms with Gasteiger partial charge in [-0.2, -0.15) is 0 Å². The van der Waals surface area contributed by atoms with Crippen LogP contribution in [0, 0.1) is 5.82 Å². The summed E-state index contributed by atoms with van der Waals surface area (Å²) in [7, 11) is 0. The van der Waals surface area contributed by atoms with Crippen LogP contribution < -0.4 is 0 Å². The minimum absolute atomic E-state index is 0.121. The Morgan fingerprint density at radius 1 is 0.800 bits per heavy atom. The average molecular weight is 401 g/mol. The zero-order chi connectivity index (χ0) is 20.9. The number of carbonyl (C=O) groups excluding carboxylic acids is 2. The van der Waals surface area contributed by atoms with Crippen molar-refractivity contribution >= 4 is 11.7 Å². The second kappa shape index (κ2) is 9.04. The Kier molecular flexibility index (Phi) is 6.03. The van der Waals surface area contributed by atoms with Crippen molar-refractivity contribution < 1.29 is 14.0 Å². The molecule has 4 heteroatoms. The number of benzene rings is 3. The molecule has 1 amide bonds. The Balaban J connectivity index is 1.61. The van der Waals surface area contributed by atoms with Crippen LogP contribution in [-0.2, 0) is 0 Å². The molecule has 0 aliphatic carbocycles. The maximum absolute atomic E-state index is 13.5. The molecule has 1 atom stereocenters. The van der Waals surface area contributed by atoms with E-state index < -0.39 is 0 Å². The lowest BCUT2D eigenvalue weighted by molar-refractivity contribution is 0.0750. The average Bonchev–Trinajstić information content (AvgIpc) is 3.06. The number of rotatable bonds is 4. The van der Waals surface area contributed by atoms with Gasteiger partial charge in [-0.25, -0.2) is 4.39 Å². The number of ketones is 1. The SMILES string of the molecule is O=C(c1ccccc1)c1ccccc1C(=O)N1CCCCC(c2ccc(F)cc2)C1. The molecule has 152 valence electrons. The van der Waals surface area contributed by atoms with Crippen LogP contribution in [0.5, 0.6) is 0 Å². The summed E-state index contributed by atoms with van der Waals surface area (Å²) < 4.78 is 13.3. The maximum Gasteiger partial charge on any atom is 0.254 e. The molecule has 0 N–H and O–H groups in total. The quantitative estimate of drug-likeness (QED) is 0.544. The number of likely N-dealkylation sites (tertiary alicyclic amines) is 1. The molecule has 1 saturated heterocycles. The third-order valence-electron chi connectivity index (χ3n) is 5.74. The highest BCUT2D eigenvalue weighted by atomic mass is 19.1. The first-order chi connectivity index (χ1) is 14.6. The molecule has 4 rings (SSSR count). The van der Waals surface area contributed by atoms with E-state index in [-0.39, 0.29) is 23.4 Å². The first-order valence-electron chi connectivity index (χ1n) is 10.4. The molecule has 1 aliphatic heterocycles. The maximum atomic E-state index is 13.5. The number of halogens is 1. The highest BCUT2D eigenvalue weighted by Gasteiger charge is 2.27. The number of amides is 1. The molecule has 3 nitrogen and oxygen atoms in total. The van der Waals surface area contributed by atoms with E-state index in [1.165, 1.54) is 12.1 Å². The molecule has 1 fully saturated rings. The Morgan fingerprint density at radius 3 is 2.20 bits per heavy atom. The molecule has 1 unspecified atom stereocenters. The summed E-state index contributed by atoms with van der Waals surface area (Å²) in [6.45, 7) is 1.22. The number of hydrogen-bond acceptors (Lipinski definition) is 2. The molecule has 0 saturated carbocycles. The molecular weight excluding hydrogens is 377 g/mol. The normalized spacial score (nSPS) is 16.7. The first kappa shape index (κ1) is 20.0. The van der Waals surface area contributed by atoms with Crippen molar-refractivity contribution in [3.05, 3.63) is 107 Å². The fourth-order valence-corrected chi connectivity index (χ4v) is 4.12. The Labute approximate surface area is 176 Å². The van der Waals surface area contributed by atoms with E-state index in [1.54, 1.807) is 48.5 Å². The third-order valence-corrected chi connectivity index (χ3v) is 5.74. The van der Waals surface area contributed by atoms with Crippen molar-refractivity contribution in [2.45, 2.75) is 25.2 Å². The predicted octanol–water partition coefficient (Wildman–Crippen LogP) is 5.47. The van der Waals surface area contributed by atoms with Crippen LogP contribution in [0.3, 0.4) is 0 Å². The van der Waals surface area contributed by atoms with Crippen LogP contribution >= 0.6 is 0 Å². The lowest BCUT2D eigenvalue weighted by atomic mass is 9.94. The summed E-state index contributed by atoms with van der Waals surface area (Å²) in [4.78, 5) is 28.3. The fourth-order valence-electron chi connectivity index (χ4n) is 4.12. The summed E-state index contributed by atoms with van der Waals surface area (Å²) in [6.07, 6.45) is 2.88. The van der Waals surface area contributed by atoms with Gasteiger partial charge in [0.1, 0.15) is 5.82 Å². The molecule has 30 heavy (non-hydrogen) atoms. The second-order valence-electron chi connectivity index (χ2n) is 7.74. The van der Waals surface area contributed by atoms with Gasteiger partial charge in [-0.05, 0) is 36.6 Å². The molecule has 1 heterocycles. The number of hydrogen-bond donors (Lipinski definition) is 0. The second-order valence-corrected chi connectivity index (χ2v) is 7.74. The van der Waals surface area contributed by atoms with Crippen molar-refractivity contribution in [3.63, 3.8) is 0 Å². The summed E-state index contributed by atoms with van der Waals surface area (Å²) >= 11 is 0. The summed E-state index contributed by atoms with van der Waals surface area (Å²) in [6, 6.07) is 22.6. The standard InChI is InChI=1S/C26H24FNO2/c27-22-15-13-19(14-16-22)21-10-6-7-17-28(18-21)26(30)24-12-5-4-11-23(24)25(29)20-8-2-1-3-9-20/h1-5,8-9,11-16,21H,6-7,10,17-18H2. The van der Waals surface area contributed by atoms with Crippen molar-refractivity contribution in [1.82, 2.24) is 4.90 Å². The molecule has 0 aromatic heterocycles. The third kappa shape index (κ3) is 4.33. The van der Waals surface area contributed by atoms with Gasteiger partial charge in [-0.15, -0.1) is 0 Å². The van der Waals surface area contributed by atoms with E-state index in [2.05, 4.69) is 0 Å². The van der Waals surface area contributed by atoms with E-state index in [0.717, 1.165) is 24.8 Å². The van der Waals surface area contributed by atoms with Crippen LogP contribution in [0.25, 0.3) is 0 Å².